The third-order valence-corrected chi connectivity index (χ3v) is 4.32. The summed E-state index contributed by atoms with van der Waals surface area (Å²) in [5.41, 5.74) is 0. The molecule has 6 heteroatoms. The Hall–Kier alpha value is -0.300. The van der Waals surface area contributed by atoms with Gasteiger partial charge in [-0.25, -0.2) is 0 Å². The molecule has 0 saturated heterocycles. The first-order chi connectivity index (χ1) is 7.19. The molecule has 5 nitrogen and oxygen atoms in total. The van der Waals surface area contributed by atoms with Crippen LogP contribution in [0.5, 0.6) is 0 Å². The summed E-state index contributed by atoms with van der Waals surface area (Å²) in [6.07, 6.45) is -1.71. The zero-order valence-electron chi connectivity index (χ0n) is 8.50. The molecule has 0 radical (unpaired) electrons. The molecule has 0 bridgehead atoms. The lowest BCUT2D eigenvalue weighted by Crippen LogP contribution is -2.32. The van der Waals surface area contributed by atoms with E-state index in [9.17, 15) is 10.2 Å². The number of nitrogens with one attached hydrogen (secondary N) is 1. The first kappa shape index (κ1) is 11.2. The number of thioether (sulfide) groups is 1. The van der Waals surface area contributed by atoms with E-state index in [2.05, 4.69) is 10.3 Å². The maximum Gasteiger partial charge on any atom is 0.157 e. The van der Waals surface area contributed by atoms with Crippen molar-refractivity contribution in [3.8, 4) is 0 Å². The quantitative estimate of drug-likeness (QED) is 0.479. The standard InChI is InChI=1S/C9H16N2O3S/c1-2-10-9-11-5-7(14)6(13)4(3-12)8(5)15-9/h4-8,12-14H,2-3H2,1H3,(H,10,11)/t4-,5?,6-,7-,8?/m1/s1. The second kappa shape index (κ2) is 4.29. The fourth-order valence-corrected chi connectivity index (χ4v) is 3.60. The second-order valence-corrected chi connectivity index (χ2v) is 5.03. The molecule has 1 heterocycles. The van der Waals surface area contributed by atoms with Crippen LogP contribution >= 0.6 is 11.8 Å². The van der Waals surface area contributed by atoms with Gasteiger partial charge in [-0.2, -0.15) is 0 Å². The van der Waals surface area contributed by atoms with E-state index in [1.807, 2.05) is 6.92 Å². The van der Waals surface area contributed by atoms with E-state index < -0.39 is 12.2 Å². The molecule has 4 N–H and O–H groups in total. The van der Waals surface area contributed by atoms with E-state index in [0.717, 1.165) is 11.7 Å². The summed E-state index contributed by atoms with van der Waals surface area (Å²) in [6.45, 7) is 2.65. The lowest BCUT2D eigenvalue weighted by Gasteiger charge is -2.17. The maximum absolute atomic E-state index is 9.75. The van der Waals surface area contributed by atoms with E-state index in [1.54, 1.807) is 0 Å². The molecule has 1 aliphatic heterocycles. The largest absolute Gasteiger partial charge is 0.396 e. The van der Waals surface area contributed by atoms with Gasteiger partial charge in [0.25, 0.3) is 0 Å². The van der Waals surface area contributed by atoms with Gasteiger partial charge in [-0.1, -0.05) is 11.8 Å². The molecule has 2 rings (SSSR count). The van der Waals surface area contributed by atoms with Crippen molar-refractivity contribution >= 4 is 16.9 Å². The van der Waals surface area contributed by atoms with Crippen LogP contribution in [0.15, 0.2) is 4.99 Å². The Bertz CT molecular complexity index is 274. The van der Waals surface area contributed by atoms with Crippen molar-refractivity contribution in [3.05, 3.63) is 0 Å². The summed E-state index contributed by atoms with van der Waals surface area (Å²) in [5.74, 6) is -0.282. The molecule has 1 fully saturated rings. The Labute approximate surface area is 92.6 Å². The van der Waals surface area contributed by atoms with Gasteiger partial charge in [0.05, 0.1) is 12.1 Å². The summed E-state index contributed by atoms with van der Waals surface area (Å²) in [7, 11) is 0. The van der Waals surface area contributed by atoms with Gasteiger partial charge in [-0.3, -0.25) is 4.99 Å². The van der Waals surface area contributed by atoms with Crippen molar-refractivity contribution in [2.24, 2.45) is 10.9 Å². The van der Waals surface area contributed by atoms with Crippen molar-refractivity contribution in [2.75, 3.05) is 13.2 Å². The number of aliphatic hydroxyl groups is 3. The van der Waals surface area contributed by atoms with Crippen molar-refractivity contribution in [2.45, 2.75) is 30.4 Å². The number of nitrogens with zero attached hydrogens (tertiary/aromatic N) is 1. The molecule has 2 unspecified atom stereocenters. The van der Waals surface area contributed by atoms with Gasteiger partial charge in [0.1, 0.15) is 6.10 Å². The van der Waals surface area contributed by atoms with Crippen LogP contribution in [0.3, 0.4) is 0 Å². The lowest BCUT2D eigenvalue weighted by atomic mass is 10.1. The number of aliphatic imine (C=N–C) groups is 1. The number of rotatable bonds is 2. The zero-order chi connectivity index (χ0) is 11.0. The van der Waals surface area contributed by atoms with E-state index in [1.165, 1.54) is 11.8 Å². The Morgan fingerprint density at radius 2 is 2.13 bits per heavy atom. The molecule has 1 aliphatic carbocycles. The SMILES string of the molecule is CCNC1=NC2C(S1)[C@H](CO)[C@@H](O)[C@@H]2O. The molecule has 15 heavy (non-hydrogen) atoms. The Kier molecular flexibility index (Phi) is 3.20. The minimum Gasteiger partial charge on any atom is -0.396 e. The molecule has 0 amide bonds. The summed E-state index contributed by atoms with van der Waals surface area (Å²) in [6, 6.07) is -0.281. The van der Waals surface area contributed by atoms with Crippen LogP contribution in [0.1, 0.15) is 6.92 Å². The highest BCUT2D eigenvalue weighted by Gasteiger charge is 2.52. The van der Waals surface area contributed by atoms with E-state index in [-0.39, 0.29) is 23.8 Å². The highest BCUT2D eigenvalue weighted by Crippen LogP contribution is 2.42. The van der Waals surface area contributed by atoms with Gasteiger partial charge in [-0.05, 0) is 6.92 Å². The van der Waals surface area contributed by atoms with Gasteiger partial charge in [0.15, 0.2) is 5.17 Å². The molecule has 86 valence electrons. The highest BCUT2D eigenvalue weighted by molar-refractivity contribution is 8.14. The highest BCUT2D eigenvalue weighted by atomic mass is 32.2. The number of hydrogen-bond donors (Lipinski definition) is 4. The summed E-state index contributed by atoms with van der Waals surface area (Å²) >= 11 is 1.50. The molecule has 0 aromatic heterocycles. The molecule has 2 aliphatic rings. The van der Waals surface area contributed by atoms with Crippen LogP contribution in [-0.2, 0) is 0 Å². The molecular weight excluding hydrogens is 216 g/mol. The van der Waals surface area contributed by atoms with Crippen LogP contribution in [0.4, 0.5) is 0 Å². The van der Waals surface area contributed by atoms with Gasteiger partial charge >= 0.3 is 0 Å². The first-order valence-electron chi connectivity index (χ1n) is 5.14. The zero-order valence-corrected chi connectivity index (χ0v) is 9.31. The van der Waals surface area contributed by atoms with Crippen LogP contribution in [0.25, 0.3) is 0 Å². The topological polar surface area (TPSA) is 85.1 Å². The van der Waals surface area contributed by atoms with Crippen molar-refractivity contribution < 1.29 is 15.3 Å². The van der Waals surface area contributed by atoms with E-state index in [4.69, 9.17) is 5.11 Å². The normalized spacial score (nSPS) is 44.0. The predicted octanol–water partition coefficient (Wildman–Crippen LogP) is -1.22. The van der Waals surface area contributed by atoms with Crippen LogP contribution < -0.4 is 5.32 Å². The molecule has 5 atom stereocenters. The fourth-order valence-electron chi connectivity index (χ4n) is 2.15. The third-order valence-electron chi connectivity index (χ3n) is 2.95. The lowest BCUT2D eigenvalue weighted by molar-refractivity contribution is 0.00329. The summed E-state index contributed by atoms with van der Waals surface area (Å²) < 4.78 is 0. The van der Waals surface area contributed by atoms with Crippen molar-refractivity contribution in [1.82, 2.24) is 5.32 Å². The van der Waals surface area contributed by atoms with Crippen LogP contribution in [0, 0.1) is 5.92 Å². The smallest absolute Gasteiger partial charge is 0.157 e. The van der Waals surface area contributed by atoms with Crippen molar-refractivity contribution in [1.29, 1.82) is 0 Å². The predicted molar refractivity (Wildman–Crippen MR) is 58.9 cm³/mol. The summed E-state index contributed by atoms with van der Waals surface area (Å²) in [5, 5.41) is 32.5. The molecule has 1 saturated carbocycles. The average molecular weight is 232 g/mol. The van der Waals surface area contributed by atoms with E-state index in [0.29, 0.717) is 0 Å². The minimum atomic E-state index is -0.857. The average Bonchev–Trinajstić information content (AvgIpc) is 2.70. The Morgan fingerprint density at radius 3 is 2.73 bits per heavy atom. The molecular formula is C9H16N2O3S. The molecule has 0 spiro atoms. The van der Waals surface area contributed by atoms with Gasteiger partial charge in [0, 0.05) is 24.3 Å². The first-order valence-corrected chi connectivity index (χ1v) is 6.02. The van der Waals surface area contributed by atoms with Crippen LogP contribution in [-0.4, -0.2) is 57.1 Å². The molecule has 0 aromatic rings. The number of amidine groups is 1. The minimum absolute atomic E-state index is 0.00551. The fraction of sp³-hybridized carbons (Fsp3) is 0.889. The van der Waals surface area contributed by atoms with Gasteiger partial charge in [-0.15, -0.1) is 0 Å². The Morgan fingerprint density at radius 1 is 1.40 bits per heavy atom. The third kappa shape index (κ3) is 1.75. The molecule has 0 aromatic carbocycles. The van der Waals surface area contributed by atoms with Crippen molar-refractivity contribution in [3.63, 3.8) is 0 Å². The monoisotopic (exact) mass is 232 g/mol. The number of fused-ring (bicyclic) bond motifs is 1. The number of aliphatic hydroxyl groups excluding tert-OH is 3. The second-order valence-electron chi connectivity index (χ2n) is 3.87. The summed E-state index contributed by atoms with van der Waals surface area (Å²) in [4.78, 5) is 4.32. The van der Waals surface area contributed by atoms with Crippen LogP contribution in [0.2, 0.25) is 0 Å². The van der Waals surface area contributed by atoms with E-state index >= 15 is 0 Å². The van der Waals surface area contributed by atoms with Gasteiger partial charge < -0.3 is 20.6 Å². The maximum atomic E-state index is 9.75. The Balaban J connectivity index is 2.11. The van der Waals surface area contributed by atoms with Gasteiger partial charge in [0.2, 0.25) is 0 Å². The number of hydrogen-bond acceptors (Lipinski definition) is 6.